The van der Waals surface area contributed by atoms with E-state index < -0.39 is 11.7 Å². The molecule has 3 aromatic rings. The van der Waals surface area contributed by atoms with Gasteiger partial charge >= 0.3 is 6.18 Å². The van der Waals surface area contributed by atoms with Gasteiger partial charge in [-0.25, -0.2) is 4.99 Å². The summed E-state index contributed by atoms with van der Waals surface area (Å²) >= 11 is 0. The van der Waals surface area contributed by atoms with Crippen LogP contribution in [-0.4, -0.2) is 47.9 Å². The van der Waals surface area contributed by atoms with Crippen molar-refractivity contribution in [1.29, 1.82) is 0 Å². The molecule has 0 aromatic heterocycles. The number of fused-ring (bicyclic) bond motifs is 1. The number of ether oxygens (including phenoxy) is 1. The second kappa shape index (κ2) is 9.33. The first-order valence-corrected chi connectivity index (χ1v) is 10.6. The predicted molar refractivity (Wildman–Crippen MR) is 120 cm³/mol. The number of halogens is 3. The molecule has 0 saturated carbocycles. The van der Waals surface area contributed by atoms with Crippen LogP contribution < -0.4 is 4.74 Å². The van der Waals surface area contributed by atoms with Gasteiger partial charge in [-0.2, -0.15) is 13.2 Å². The van der Waals surface area contributed by atoms with Gasteiger partial charge in [-0.1, -0.05) is 12.1 Å². The van der Waals surface area contributed by atoms with Gasteiger partial charge in [0, 0.05) is 42.2 Å². The SMILES string of the molecule is C/C(=N\C(=O)c1ccc2c(Oc3ccc(C(F)(F)F)cc3)cccc2c1)C1CN(CCO)C1. The van der Waals surface area contributed by atoms with Gasteiger partial charge in [0.2, 0.25) is 0 Å². The number of rotatable bonds is 6. The van der Waals surface area contributed by atoms with Crippen LogP contribution in [0.15, 0.2) is 65.7 Å². The molecule has 0 unspecified atom stereocenters. The average molecular weight is 456 g/mol. The summed E-state index contributed by atoms with van der Waals surface area (Å²) in [6.45, 7) is 4.15. The van der Waals surface area contributed by atoms with Crippen LogP contribution in [0.4, 0.5) is 13.2 Å². The van der Waals surface area contributed by atoms with E-state index in [0.717, 1.165) is 41.7 Å². The standard InChI is InChI=1S/C25H23F3N2O3/c1-16(19-14-30(15-19)11-12-31)29-24(32)18-5-10-22-17(13-18)3-2-4-23(22)33-21-8-6-20(7-9-21)25(26,27)28/h2-10,13,19,31H,11-12,14-15H2,1H3/b29-16+. The van der Waals surface area contributed by atoms with Gasteiger partial charge < -0.3 is 9.84 Å². The molecule has 4 rings (SSSR count). The highest BCUT2D eigenvalue weighted by molar-refractivity contribution is 6.06. The summed E-state index contributed by atoms with van der Waals surface area (Å²) in [6, 6.07) is 15.0. The zero-order chi connectivity index (χ0) is 23.6. The number of aliphatic hydroxyl groups excluding tert-OH is 1. The molecule has 5 nitrogen and oxygen atoms in total. The molecule has 1 amide bonds. The number of carbonyl (C=O) groups excluding carboxylic acids is 1. The van der Waals surface area contributed by atoms with Crippen molar-refractivity contribution in [2.75, 3.05) is 26.2 Å². The Morgan fingerprint density at radius 1 is 1.12 bits per heavy atom. The van der Waals surface area contributed by atoms with Crippen molar-refractivity contribution in [3.8, 4) is 11.5 Å². The number of aliphatic imine (C=N–C) groups is 1. The van der Waals surface area contributed by atoms with Gasteiger partial charge in [0.1, 0.15) is 11.5 Å². The van der Waals surface area contributed by atoms with Crippen molar-refractivity contribution in [3.63, 3.8) is 0 Å². The minimum atomic E-state index is -4.40. The van der Waals surface area contributed by atoms with Gasteiger partial charge in [0.25, 0.3) is 5.91 Å². The molecule has 33 heavy (non-hydrogen) atoms. The van der Waals surface area contributed by atoms with Gasteiger partial charge in [-0.05, 0) is 60.8 Å². The zero-order valence-corrected chi connectivity index (χ0v) is 18.0. The molecule has 172 valence electrons. The van der Waals surface area contributed by atoms with E-state index in [1.54, 1.807) is 30.3 Å². The number of β-amino-alcohol motifs (C(OH)–C–C–N with tert-alkyl or cyclic N) is 1. The number of amides is 1. The first kappa shape index (κ1) is 22.9. The third-order valence-corrected chi connectivity index (χ3v) is 5.74. The van der Waals surface area contributed by atoms with E-state index >= 15 is 0 Å². The number of carbonyl (C=O) groups is 1. The van der Waals surface area contributed by atoms with Crippen LogP contribution in [0.2, 0.25) is 0 Å². The fraction of sp³-hybridized carbons (Fsp3) is 0.280. The molecular formula is C25H23F3N2O3. The fourth-order valence-electron chi connectivity index (χ4n) is 3.79. The lowest BCUT2D eigenvalue weighted by Gasteiger charge is -2.38. The summed E-state index contributed by atoms with van der Waals surface area (Å²) in [5.41, 5.74) is 0.475. The largest absolute Gasteiger partial charge is 0.457 e. The van der Waals surface area contributed by atoms with Crippen molar-refractivity contribution in [2.24, 2.45) is 10.9 Å². The monoisotopic (exact) mass is 456 g/mol. The summed E-state index contributed by atoms with van der Waals surface area (Å²) in [4.78, 5) is 19.0. The number of hydrogen-bond acceptors (Lipinski definition) is 4. The molecule has 1 aliphatic rings. The third kappa shape index (κ3) is 5.23. The van der Waals surface area contributed by atoms with Crippen molar-refractivity contribution in [1.82, 2.24) is 4.90 Å². The van der Waals surface area contributed by atoms with Crippen LogP contribution in [0, 0.1) is 5.92 Å². The molecule has 0 atom stereocenters. The molecule has 1 aliphatic heterocycles. The maximum absolute atomic E-state index is 12.8. The van der Waals surface area contributed by atoms with Crippen molar-refractivity contribution < 1.29 is 27.8 Å². The van der Waals surface area contributed by atoms with E-state index in [9.17, 15) is 18.0 Å². The quantitative estimate of drug-likeness (QED) is 0.520. The first-order chi connectivity index (χ1) is 15.7. The van der Waals surface area contributed by atoms with Crippen LogP contribution >= 0.6 is 0 Å². The Morgan fingerprint density at radius 3 is 2.52 bits per heavy atom. The van der Waals surface area contributed by atoms with E-state index in [4.69, 9.17) is 9.84 Å². The fourth-order valence-corrected chi connectivity index (χ4v) is 3.79. The highest BCUT2D eigenvalue weighted by atomic mass is 19.4. The lowest BCUT2D eigenvalue weighted by atomic mass is 9.95. The molecule has 1 N–H and O–H groups in total. The molecule has 3 aromatic carbocycles. The van der Waals surface area contributed by atoms with Gasteiger partial charge in [-0.15, -0.1) is 0 Å². The van der Waals surface area contributed by atoms with E-state index in [0.29, 0.717) is 17.9 Å². The van der Waals surface area contributed by atoms with Crippen molar-refractivity contribution in [3.05, 3.63) is 71.8 Å². The summed E-state index contributed by atoms with van der Waals surface area (Å²) in [7, 11) is 0. The molecular weight excluding hydrogens is 433 g/mol. The van der Waals surface area contributed by atoms with Crippen LogP contribution in [0.5, 0.6) is 11.5 Å². The summed E-state index contributed by atoms with van der Waals surface area (Å²) in [5, 5.41) is 10.5. The van der Waals surface area contributed by atoms with Crippen molar-refractivity contribution in [2.45, 2.75) is 13.1 Å². The smallest absolute Gasteiger partial charge is 0.416 e. The Bertz CT molecular complexity index is 1180. The highest BCUT2D eigenvalue weighted by Gasteiger charge is 2.30. The van der Waals surface area contributed by atoms with Crippen molar-refractivity contribution >= 4 is 22.4 Å². The summed E-state index contributed by atoms with van der Waals surface area (Å²) < 4.78 is 44.1. The first-order valence-electron chi connectivity index (χ1n) is 10.6. The summed E-state index contributed by atoms with van der Waals surface area (Å²) in [6.07, 6.45) is -4.40. The van der Waals surface area contributed by atoms with Gasteiger partial charge in [0.15, 0.2) is 0 Å². The number of benzene rings is 3. The Hall–Kier alpha value is -3.23. The van der Waals surface area contributed by atoms with E-state index in [2.05, 4.69) is 9.89 Å². The number of likely N-dealkylation sites (tertiary alicyclic amines) is 1. The Morgan fingerprint density at radius 2 is 1.85 bits per heavy atom. The normalized spacial score (nSPS) is 15.5. The van der Waals surface area contributed by atoms with Gasteiger partial charge in [0.05, 0.1) is 12.2 Å². The second-order valence-electron chi connectivity index (χ2n) is 8.05. The number of nitrogens with zero attached hydrogens (tertiary/aromatic N) is 2. The third-order valence-electron chi connectivity index (χ3n) is 5.74. The van der Waals surface area contributed by atoms with E-state index in [1.807, 2.05) is 13.0 Å². The maximum atomic E-state index is 12.8. The molecule has 1 heterocycles. The number of aliphatic hydroxyl groups is 1. The van der Waals surface area contributed by atoms with Crippen LogP contribution in [-0.2, 0) is 6.18 Å². The summed E-state index contributed by atoms with van der Waals surface area (Å²) in [5.74, 6) is 0.643. The Labute approximate surface area is 189 Å². The molecule has 1 saturated heterocycles. The Balaban J connectivity index is 1.50. The van der Waals surface area contributed by atoms with Crippen LogP contribution in [0.3, 0.4) is 0 Å². The van der Waals surface area contributed by atoms with E-state index in [-0.39, 0.29) is 24.2 Å². The molecule has 0 spiro atoms. The topological polar surface area (TPSA) is 62.1 Å². The predicted octanol–water partition coefficient (Wildman–Crippen LogP) is 5.18. The van der Waals surface area contributed by atoms with Crippen LogP contribution in [0.25, 0.3) is 10.8 Å². The minimum Gasteiger partial charge on any atom is -0.457 e. The second-order valence-corrected chi connectivity index (χ2v) is 8.05. The molecule has 0 radical (unpaired) electrons. The molecule has 0 bridgehead atoms. The van der Waals surface area contributed by atoms with Crippen LogP contribution in [0.1, 0.15) is 22.8 Å². The average Bonchev–Trinajstić information content (AvgIpc) is 2.75. The van der Waals surface area contributed by atoms with E-state index in [1.165, 1.54) is 12.1 Å². The molecule has 0 aliphatic carbocycles. The molecule has 8 heteroatoms. The lowest BCUT2D eigenvalue weighted by Crippen LogP contribution is -2.50. The highest BCUT2D eigenvalue weighted by Crippen LogP contribution is 2.34. The zero-order valence-electron chi connectivity index (χ0n) is 18.0. The number of hydrogen-bond donors (Lipinski definition) is 1. The number of alkyl halides is 3. The lowest BCUT2D eigenvalue weighted by molar-refractivity contribution is -0.137. The molecule has 1 fully saturated rings. The Kier molecular flexibility index (Phi) is 6.49. The maximum Gasteiger partial charge on any atom is 0.416 e. The minimum absolute atomic E-state index is 0.115. The van der Waals surface area contributed by atoms with Gasteiger partial charge in [-0.3, -0.25) is 9.69 Å².